The third kappa shape index (κ3) is 3.30. The monoisotopic (exact) mass is 283 g/mol. The number of ether oxygens (including phenoxy) is 1. The molecular formula is C14H25N3O3. The maximum Gasteiger partial charge on any atom is 0.244 e. The van der Waals surface area contributed by atoms with Gasteiger partial charge in [0.25, 0.3) is 0 Å². The lowest BCUT2D eigenvalue weighted by molar-refractivity contribution is -0.152. The highest BCUT2D eigenvalue weighted by Crippen LogP contribution is 2.30. The Morgan fingerprint density at radius 1 is 1.30 bits per heavy atom. The van der Waals surface area contributed by atoms with E-state index in [4.69, 9.17) is 10.5 Å². The molecular weight excluding hydrogens is 258 g/mol. The van der Waals surface area contributed by atoms with E-state index in [0.29, 0.717) is 32.2 Å². The molecule has 1 unspecified atom stereocenters. The number of nitrogens with two attached hydrogens (primary N) is 1. The van der Waals surface area contributed by atoms with Gasteiger partial charge in [0.1, 0.15) is 6.04 Å². The summed E-state index contributed by atoms with van der Waals surface area (Å²) in [6.07, 6.45) is 3.81. The Kier molecular flexibility index (Phi) is 5.37. The smallest absolute Gasteiger partial charge is 0.244 e. The molecule has 1 heterocycles. The first-order valence-electron chi connectivity index (χ1n) is 7.47. The van der Waals surface area contributed by atoms with Crippen molar-refractivity contribution in [2.45, 2.75) is 31.7 Å². The van der Waals surface area contributed by atoms with E-state index in [1.54, 1.807) is 11.9 Å². The lowest BCUT2D eigenvalue weighted by Gasteiger charge is -2.38. The van der Waals surface area contributed by atoms with E-state index in [0.717, 1.165) is 25.7 Å². The zero-order valence-corrected chi connectivity index (χ0v) is 12.1. The van der Waals surface area contributed by atoms with Crippen LogP contribution in [0.4, 0.5) is 0 Å². The van der Waals surface area contributed by atoms with Crippen LogP contribution in [0.3, 0.4) is 0 Å². The Bertz CT molecular complexity index is 354. The van der Waals surface area contributed by atoms with Crippen LogP contribution in [0.5, 0.6) is 0 Å². The van der Waals surface area contributed by atoms with Crippen LogP contribution >= 0.6 is 0 Å². The highest BCUT2D eigenvalue weighted by Gasteiger charge is 2.36. The molecule has 0 aromatic carbocycles. The molecule has 1 saturated heterocycles. The fourth-order valence-corrected chi connectivity index (χ4v) is 3.13. The quantitative estimate of drug-likeness (QED) is 0.746. The van der Waals surface area contributed by atoms with Crippen LogP contribution in [0, 0.1) is 11.8 Å². The van der Waals surface area contributed by atoms with Gasteiger partial charge in [-0.3, -0.25) is 9.59 Å². The van der Waals surface area contributed by atoms with Gasteiger partial charge in [0, 0.05) is 19.5 Å². The van der Waals surface area contributed by atoms with Crippen molar-refractivity contribution in [3.8, 4) is 0 Å². The molecule has 3 N–H and O–H groups in total. The zero-order valence-electron chi connectivity index (χ0n) is 12.1. The van der Waals surface area contributed by atoms with Crippen LogP contribution in [0.2, 0.25) is 0 Å². The summed E-state index contributed by atoms with van der Waals surface area (Å²) in [5.74, 6) is 0.563. The maximum absolute atomic E-state index is 12.6. The molecule has 0 aromatic heterocycles. The van der Waals surface area contributed by atoms with Gasteiger partial charge in [0.2, 0.25) is 11.8 Å². The molecule has 1 saturated carbocycles. The minimum Gasteiger partial charge on any atom is -0.377 e. The van der Waals surface area contributed by atoms with E-state index in [2.05, 4.69) is 5.32 Å². The number of nitrogens with zero attached hydrogens (tertiary/aromatic N) is 1. The summed E-state index contributed by atoms with van der Waals surface area (Å²) in [6.45, 7) is 2.02. The van der Waals surface area contributed by atoms with Crippen LogP contribution in [0.15, 0.2) is 0 Å². The molecule has 1 atom stereocenters. The molecule has 1 aliphatic heterocycles. The third-order valence-corrected chi connectivity index (χ3v) is 4.49. The van der Waals surface area contributed by atoms with E-state index >= 15 is 0 Å². The van der Waals surface area contributed by atoms with E-state index in [1.807, 2.05) is 0 Å². The third-order valence-electron chi connectivity index (χ3n) is 4.49. The normalized spacial score (nSPS) is 30.9. The SMILES string of the molecule is CNC(=O)C1COCCN1C(=O)C1CCC(CN)CC1. The van der Waals surface area contributed by atoms with Gasteiger partial charge in [-0.15, -0.1) is 0 Å². The molecule has 6 heteroatoms. The number of likely N-dealkylation sites (N-methyl/N-ethyl adjacent to an activating group) is 1. The topological polar surface area (TPSA) is 84.7 Å². The van der Waals surface area contributed by atoms with Gasteiger partial charge in [-0.1, -0.05) is 0 Å². The van der Waals surface area contributed by atoms with Gasteiger partial charge in [0.15, 0.2) is 0 Å². The van der Waals surface area contributed by atoms with Crippen LogP contribution in [0.25, 0.3) is 0 Å². The van der Waals surface area contributed by atoms with Crippen molar-refractivity contribution in [3.63, 3.8) is 0 Å². The molecule has 2 rings (SSSR count). The summed E-state index contributed by atoms with van der Waals surface area (Å²) in [7, 11) is 1.59. The average molecular weight is 283 g/mol. The van der Waals surface area contributed by atoms with Crippen molar-refractivity contribution in [1.29, 1.82) is 0 Å². The molecule has 2 fully saturated rings. The van der Waals surface area contributed by atoms with E-state index in [9.17, 15) is 9.59 Å². The number of hydrogen-bond acceptors (Lipinski definition) is 4. The molecule has 2 aliphatic rings. The summed E-state index contributed by atoms with van der Waals surface area (Å²) in [4.78, 5) is 26.2. The van der Waals surface area contributed by atoms with Gasteiger partial charge in [0.05, 0.1) is 13.2 Å². The first kappa shape index (κ1) is 15.3. The minimum absolute atomic E-state index is 0.0445. The number of morpholine rings is 1. The maximum atomic E-state index is 12.6. The zero-order chi connectivity index (χ0) is 14.5. The van der Waals surface area contributed by atoms with Gasteiger partial charge >= 0.3 is 0 Å². The largest absolute Gasteiger partial charge is 0.377 e. The van der Waals surface area contributed by atoms with E-state index < -0.39 is 6.04 Å². The van der Waals surface area contributed by atoms with Crippen molar-refractivity contribution in [3.05, 3.63) is 0 Å². The van der Waals surface area contributed by atoms with Gasteiger partial charge in [-0.2, -0.15) is 0 Å². The first-order chi connectivity index (χ1) is 9.67. The fourth-order valence-electron chi connectivity index (χ4n) is 3.13. The van der Waals surface area contributed by atoms with Gasteiger partial charge < -0.3 is 20.7 Å². The lowest BCUT2D eigenvalue weighted by atomic mass is 9.81. The Labute approximate surface area is 120 Å². The molecule has 0 aromatic rings. The Morgan fingerprint density at radius 3 is 2.60 bits per heavy atom. The van der Waals surface area contributed by atoms with Crippen LogP contribution in [0.1, 0.15) is 25.7 Å². The molecule has 6 nitrogen and oxygen atoms in total. The van der Waals surface area contributed by atoms with Crippen molar-refractivity contribution in [1.82, 2.24) is 10.2 Å². The second-order valence-corrected chi connectivity index (χ2v) is 5.69. The predicted molar refractivity (Wildman–Crippen MR) is 74.9 cm³/mol. The summed E-state index contributed by atoms with van der Waals surface area (Å²) >= 11 is 0. The number of hydrogen-bond donors (Lipinski definition) is 2. The molecule has 0 spiro atoms. The van der Waals surface area contributed by atoms with Crippen molar-refractivity contribution < 1.29 is 14.3 Å². The Morgan fingerprint density at radius 2 is 2.00 bits per heavy atom. The Hall–Kier alpha value is -1.14. The summed E-state index contributed by atoms with van der Waals surface area (Å²) in [5.41, 5.74) is 5.68. The van der Waals surface area contributed by atoms with Crippen molar-refractivity contribution >= 4 is 11.8 Å². The predicted octanol–water partition coefficient (Wildman–Crippen LogP) is -0.275. The van der Waals surface area contributed by atoms with Crippen LogP contribution in [-0.2, 0) is 14.3 Å². The Balaban J connectivity index is 1.97. The highest BCUT2D eigenvalue weighted by molar-refractivity contribution is 5.88. The first-order valence-corrected chi connectivity index (χ1v) is 7.47. The molecule has 20 heavy (non-hydrogen) atoms. The molecule has 2 amide bonds. The molecule has 114 valence electrons. The van der Waals surface area contributed by atoms with Crippen molar-refractivity contribution in [2.24, 2.45) is 17.6 Å². The number of nitrogens with one attached hydrogen (secondary N) is 1. The van der Waals surface area contributed by atoms with E-state index in [-0.39, 0.29) is 17.7 Å². The molecule has 1 aliphatic carbocycles. The van der Waals surface area contributed by atoms with Gasteiger partial charge in [-0.05, 0) is 38.1 Å². The number of amides is 2. The van der Waals surface area contributed by atoms with Gasteiger partial charge in [-0.25, -0.2) is 0 Å². The number of rotatable bonds is 3. The minimum atomic E-state index is -0.478. The second kappa shape index (κ2) is 7.04. The number of carbonyl (C=O) groups is 2. The molecule has 0 bridgehead atoms. The van der Waals surface area contributed by atoms with Crippen LogP contribution < -0.4 is 11.1 Å². The van der Waals surface area contributed by atoms with Crippen molar-refractivity contribution in [2.75, 3.05) is 33.4 Å². The average Bonchev–Trinajstić information content (AvgIpc) is 2.53. The summed E-state index contributed by atoms with van der Waals surface area (Å²) < 4.78 is 5.34. The second-order valence-electron chi connectivity index (χ2n) is 5.69. The summed E-state index contributed by atoms with van der Waals surface area (Å²) in [6, 6.07) is -0.478. The van der Waals surface area contributed by atoms with E-state index in [1.165, 1.54) is 0 Å². The highest BCUT2D eigenvalue weighted by atomic mass is 16.5. The molecule has 0 radical (unpaired) electrons. The number of carbonyl (C=O) groups excluding carboxylic acids is 2. The fraction of sp³-hybridized carbons (Fsp3) is 0.857. The standard InChI is InChI=1S/C14H25N3O3/c1-16-13(18)12-9-20-7-6-17(12)14(19)11-4-2-10(8-15)3-5-11/h10-12H,2-9,15H2,1H3,(H,16,18). The van der Waals surface area contributed by atoms with Crippen LogP contribution in [-0.4, -0.2) is 56.1 Å². The lowest BCUT2D eigenvalue weighted by Crippen LogP contribution is -2.57. The summed E-state index contributed by atoms with van der Waals surface area (Å²) in [5, 5.41) is 2.61.